The molecule has 0 aliphatic rings. The highest BCUT2D eigenvalue weighted by Crippen LogP contribution is 2.31. The Balaban J connectivity index is 1.83. The number of rotatable bonds is 6. The van der Waals surface area contributed by atoms with E-state index in [0.29, 0.717) is 0 Å². The molecule has 0 aliphatic heterocycles. The zero-order valence-electron chi connectivity index (χ0n) is 17.8. The van der Waals surface area contributed by atoms with Crippen LogP contribution in [0.5, 0.6) is 0 Å². The quantitative estimate of drug-likeness (QED) is 0.432. The first-order chi connectivity index (χ1) is 14.3. The first-order valence-corrected chi connectivity index (χ1v) is 10.2. The van der Waals surface area contributed by atoms with Gasteiger partial charge in [0.25, 0.3) is 0 Å². The molecule has 1 radical (unpaired) electrons. The lowest BCUT2D eigenvalue weighted by molar-refractivity contribution is -0.0893. The molecule has 0 saturated carbocycles. The van der Waals surface area contributed by atoms with E-state index in [4.69, 9.17) is 9.07 Å². The summed E-state index contributed by atoms with van der Waals surface area (Å²) in [5.74, 6) is 0.752. The first-order valence-electron chi connectivity index (χ1n) is 10.2. The second kappa shape index (κ2) is 7.79. The molecule has 0 bridgehead atoms. The maximum Gasteiger partial charge on any atom is 0.335 e. The van der Waals surface area contributed by atoms with Crippen LogP contribution in [0.25, 0.3) is 33.4 Å². The SMILES string of the molecule is CC(C)(O)C(C)(C)O[B]c1c(-c2ccccc2)oc2ccc(-c3ccccc3)cc12. The molecule has 0 atom stereocenters. The van der Waals surface area contributed by atoms with Gasteiger partial charge in [0.15, 0.2) is 0 Å². The third-order valence-corrected chi connectivity index (χ3v) is 5.81. The van der Waals surface area contributed by atoms with Crippen molar-refractivity contribution in [2.45, 2.75) is 38.9 Å². The number of fused-ring (bicyclic) bond motifs is 1. The Labute approximate surface area is 178 Å². The highest BCUT2D eigenvalue weighted by atomic mass is 16.5. The van der Waals surface area contributed by atoms with E-state index in [9.17, 15) is 5.11 Å². The number of hydrogen-bond acceptors (Lipinski definition) is 3. The topological polar surface area (TPSA) is 42.6 Å². The van der Waals surface area contributed by atoms with Gasteiger partial charge >= 0.3 is 7.48 Å². The van der Waals surface area contributed by atoms with Crippen LogP contribution in [0.4, 0.5) is 0 Å². The van der Waals surface area contributed by atoms with Crippen molar-refractivity contribution in [3.05, 3.63) is 78.9 Å². The summed E-state index contributed by atoms with van der Waals surface area (Å²) in [5.41, 5.74) is 3.11. The molecule has 0 spiro atoms. The van der Waals surface area contributed by atoms with Crippen LogP contribution in [0.3, 0.4) is 0 Å². The zero-order chi connectivity index (χ0) is 21.4. The van der Waals surface area contributed by atoms with Crippen LogP contribution in [0.1, 0.15) is 27.7 Å². The van der Waals surface area contributed by atoms with Crippen molar-refractivity contribution >= 4 is 23.9 Å². The van der Waals surface area contributed by atoms with Gasteiger partial charge in [-0.2, -0.15) is 0 Å². The lowest BCUT2D eigenvalue weighted by Gasteiger charge is -2.37. The summed E-state index contributed by atoms with van der Waals surface area (Å²) in [5, 5.41) is 11.5. The fourth-order valence-electron chi connectivity index (χ4n) is 3.20. The normalized spacial score (nSPS) is 12.3. The minimum Gasteiger partial charge on any atom is -0.457 e. The molecule has 30 heavy (non-hydrogen) atoms. The maximum atomic E-state index is 10.5. The molecule has 3 aromatic carbocycles. The van der Waals surface area contributed by atoms with Gasteiger partial charge in [0.2, 0.25) is 0 Å². The van der Waals surface area contributed by atoms with E-state index >= 15 is 0 Å². The van der Waals surface area contributed by atoms with Gasteiger partial charge < -0.3 is 14.2 Å². The Morgan fingerprint density at radius 1 is 0.767 bits per heavy atom. The van der Waals surface area contributed by atoms with Gasteiger partial charge in [-0.1, -0.05) is 66.7 Å². The third-order valence-electron chi connectivity index (χ3n) is 5.81. The van der Waals surface area contributed by atoms with Gasteiger partial charge in [-0.3, -0.25) is 0 Å². The Bertz CT molecular complexity index is 1140. The average Bonchev–Trinajstić information content (AvgIpc) is 3.10. The van der Waals surface area contributed by atoms with E-state index < -0.39 is 11.2 Å². The first kappa shape index (κ1) is 20.5. The van der Waals surface area contributed by atoms with Crippen LogP contribution in [0.15, 0.2) is 83.3 Å². The van der Waals surface area contributed by atoms with Gasteiger partial charge in [0.1, 0.15) is 11.3 Å². The van der Waals surface area contributed by atoms with Gasteiger partial charge in [0, 0.05) is 16.4 Å². The van der Waals surface area contributed by atoms with Crippen LogP contribution >= 0.6 is 0 Å². The molecule has 4 rings (SSSR count). The molecular weight excluding hydrogens is 371 g/mol. The van der Waals surface area contributed by atoms with E-state index in [2.05, 4.69) is 24.3 Å². The molecule has 4 heteroatoms. The third kappa shape index (κ3) is 3.93. The standard InChI is InChI=1S/C26H26BO3/c1-25(2,28)26(3,4)30-27-23-21-17-20(18-11-7-5-8-12-18)15-16-22(21)29-24(23)19-13-9-6-10-14-19/h5-17,28H,1-4H3. The molecule has 1 aromatic heterocycles. The van der Waals surface area contributed by atoms with Crippen molar-refractivity contribution in [2.24, 2.45) is 0 Å². The van der Waals surface area contributed by atoms with Crippen molar-refractivity contribution in [1.29, 1.82) is 0 Å². The van der Waals surface area contributed by atoms with Crippen LogP contribution in [-0.4, -0.2) is 23.8 Å². The summed E-state index contributed by atoms with van der Waals surface area (Å²) < 4.78 is 12.4. The van der Waals surface area contributed by atoms with Crippen molar-refractivity contribution in [2.75, 3.05) is 0 Å². The summed E-state index contributed by atoms with van der Waals surface area (Å²) in [4.78, 5) is 0. The average molecular weight is 397 g/mol. The molecule has 151 valence electrons. The van der Waals surface area contributed by atoms with Gasteiger partial charge in [-0.15, -0.1) is 0 Å². The van der Waals surface area contributed by atoms with E-state index in [1.165, 1.54) is 0 Å². The predicted octanol–water partition coefficient (Wildman–Crippen LogP) is 5.58. The molecule has 0 amide bonds. The minimum atomic E-state index is -1.01. The predicted molar refractivity (Wildman–Crippen MR) is 124 cm³/mol. The molecule has 0 fully saturated rings. The molecule has 0 saturated heterocycles. The second-order valence-electron chi connectivity index (χ2n) is 8.59. The smallest absolute Gasteiger partial charge is 0.335 e. The molecular formula is C26H26BO3. The fraction of sp³-hybridized carbons (Fsp3) is 0.231. The zero-order valence-corrected chi connectivity index (χ0v) is 17.8. The number of furan rings is 1. The van der Waals surface area contributed by atoms with Crippen molar-refractivity contribution in [3.63, 3.8) is 0 Å². The van der Waals surface area contributed by atoms with E-state index in [0.717, 1.165) is 38.9 Å². The summed E-state index contributed by atoms with van der Waals surface area (Å²) in [6.45, 7) is 7.26. The monoisotopic (exact) mass is 397 g/mol. The second-order valence-corrected chi connectivity index (χ2v) is 8.59. The Morgan fingerprint density at radius 3 is 1.97 bits per heavy atom. The Kier molecular flexibility index (Phi) is 5.31. The minimum absolute atomic E-state index is 0.752. The van der Waals surface area contributed by atoms with Crippen molar-refractivity contribution in [1.82, 2.24) is 0 Å². The van der Waals surface area contributed by atoms with Crippen LogP contribution in [0.2, 0.25) is 0 Å². The van der Waals surface area contributed by atoms with Crippen LogP contribution in [-0.2, 0) is 4.65 Å². The summed E-state index contributed by atoms with van der Waals surface area (Å²) in [6, 6.07) is 26.5. The largest absolute Gasteiger partial charge is 0.457 e. The number of hydrogen-bond donors (Lipinski definition) is 1. The van der Waals surface area contributed by atoms with Crippen LogP contribution in [0, 0.1) is 0 Å². The lowest BCUT2D eigenvalue weighted by Crippen LogP contribution is -2.49. The number of aliphatic hydroxyl groups is 1. The van der Waals surface area contributed by atoms with Crippen molar-refractivity contribution < 1.29 is 14.2 Å². The summed E-state index contributed by atoms with van der Waals surface area (Å²) >= 11 is 0. The molecule has 4 aromatic rings. The Hall–Kier alpha value is -2.82. The molecule has 0 aliphatic carbocycles. The van der Waals surface area contributed by atoms with E-state index in [-0.39, 0.29) is 0 Å². The van der Waals surface area contributed by atoms with Gasteiger partial charge in [-0.25, -0.2) is 0 Å². The fourth-order valence-corrected chi connectivity index (χ4v) is 3.20. The van der Waals surface area contributed by atoms with E-state index in [1.807, 2.05) is 68.4 Å². The van der Waals surface area contributed by atoms with Gasteiger partial charge in [0.05, 0.1) is 11.2 Å². The summed E-state index contributed by atoms with van der Waals surface area (Å²) in [7, 11) is 1.72. The molecule has 0 unspecified atom stereocenters. The van der Waals surface area contributed by atoms with Crippen LogP contribution < -0.4 is 5.46 Å². The molecule has 3 nitrogen and oxygen atoms in total. The number of benzene rings is 3. The van der Waals surface area contributed by atoms with E-state index in [1.54, 1.807) is 21.3 Å². The van der Waals surface area contributed by atoms with Gasteiger partial charge in [-0.05, 0) is 51.0 Å². The highest BCUT2D eigenvalue weighted by molar-refractivity contribution is 6.54. The molecule has 1 N–H and O–H groups in total. The maximum absolute atomic E-state index is 10.5. The Morgan fingerprint density at radius 2 is 1.37 bits per heavy atom. The highest BCUT2D eigenvalue weighted by Gasteiger charge is 2.36. The lowest BCUT2D eigenvalue weighted by atomic mass is 9.80. The summed E-state index contributed by atoms with van der Waals surface area (Å²) in [6.07, 6.45) is 0. The molecule has 1 heterocycles. The van der Waals surface area contributed by atoms with Crippen molar-refractivity contribution in [3.8, 4) is 22.5 Å².